The highest BCUT2D eigenvalue weighted by molar-refractivity contribution is 8.00. The van der Waals surface area contributed by atoms with Crippen molar-refractivity contribution in [3.05, 3.63) is 24.0 Å². The maximum absolute atomic E-state index is 3.60. The fraction of sp³-hybridized carbons (Fsp3) is 0.714. The summed E-state index contributed by atoms with van der Waals surface area (Å²) in [5.41, 5.74) is 1.38. The molecule has 0 saturated heterocycles. The van der Waals surface area contributed by atoms with Crippen LogP contribution >= 0.6 is 11.8 Å². The van der Waals surface area contributed by atoms with Crippen molar-refractivity contribution in [1.82, 2.24) is 9.88 Å². The van der Waals surface area contributed by atoms with Crippen LogP contribution in [0.25, 0.3) is 0 Å². The molecule has 0 aliphatic rings. The van der Waals surface area contributed by atoms with Crippen molar-refractivity contribution in [3.8, 4) is 0 Å². The molecule has 1 heterocycles. The molecule has 0 aromatic carbocycles. The first-order valence-electron chi connectivity index (χ1n) is 6.60. The predicted octanol–water partition coefficient (Wildman–Crippen LogP) is 3.52. The highest BCUT2D eigenvalue weighted by atomic mass is 32.2. The number of hydrogen-bond acceptors (Lipinski definition) is 2. The SMILES string of the molecule is CCn1ccc(CNCC(CC)(CC)SC)c1. The van der Waals surface area contributed by atoms with Gasteiger partial charge in [0.1, 0.15) is 0 Å². The van der Waals surface area contributed by atoms with Crippen molar-refractivity contribution in [2.24, 2.45) is 0 Å². The number of hydrogen-bond donors (Lipinski definition) is 1. The second kappa shape index (κ2) is 7.12. The first kappa shape index (κ1) is 14.7. The van der Waals surface area contributed by atoms with Crippen LogP contribution in [0.3, 0.4) is 0 Å². The number of aromatic nitrogens is 1. The van der Waals surface area contributed by atoms with Gasteiger partial charge >= 0.3 is 0 Å². The van der Waals surface area contributed by atoms with Gasteiger partial charge in [-0.1, -0.05) is 13.8 Å². The molecule has 98 valence electrons. The van der Waals surface area contributed by atoms with E-state index in [1.54, 1.807) is 0 Å². The molecule has 0 radical (unpaired) electrons. The van der Waals surface area contributed by atoms with Gasteiger partial charge in [0, 0.05) is 36.8 Å². The van der Waals surface area contributed by atoms with E-state index in [0.29, 0.717) is 4.75 Å². The summed E-state index contributed by atoms with van der Waals surface area (Å²) in [4.78, 5) is 0. The van der Waals surface area contributed by atoms with Crippen LogP contribution in [-0.4, -0.2) is 22.1 Å². The minimum absolute atomic E-state index is 0.410. The fourth-order valence-electron chi connectivity index (χ4n) is 2.09. The van der Waals surface area contributed by atoms with Crippen molar-refractivity contribution in [2.45, 2.75) is 51.4 Å². The van der Waals surface area contributed by atoms with Crippen LogP contribution in [0.4, 0.5) is 0 Å². The van der Waals surface area contributed by atoms with Gasteiger partial charge in [-0.25, -0.2) is 0 Å². The zero-order valence-electron chi connectivity index (χ0n) is 11.6. The second-order valence-corrected chi connectivity index (χ2v) is 5.82. The van der Waals surface area contributed by atoms with Crippen molar-refractivity contribution >= 4 is 11.8 Å². The fourth-order valence-corrected chi connectivity index (χ4v) is 2.91. The Morgan fingerprint density at radius 2 is 2.00 bits per heavy atom. The number of rotatable bonds is 8. The minimum atomic E-state index is 0.410. The first-order chi connectivity index (χ1) is 8.19. The molecule has 0 aliphatic heterocycles. The maximum atomic E-state index is 3.60. The van der Waals surface area contributed by atoms with Gasteiger partial charge in [-0.2, -0.15) is 11.8 Å². The van der Waals surface area contributed by atoms with Crippen LogP contribution in [-0.2, 0) is 13.1 Å². The summed E-state index contributed by atoms with van der Waals surface area (Å²) < 4.78 is 2.63. The van der Waals surface area contributed by atoms with Crippen LogP contribution in [0.15, 0.2) is 18.5 Å². The van der Waals surface area contributed by atoms with Gasteiger partial charge in [0.05, 0.1) is 0 Å². The lowest BCUT2D eigenvalue weighted by molar-refractivity contribution is 0.495. The molecule has 1 rings (SSSR count). The number of nitrogens with one attached hydrogen (secondary N) is 1. The van der Waals surface area contributed by atoms with E-state index < -0.39 is 0 Å². The first-order valence-corrected chi connectivity index (χ1v) is 7.82. The lowest BCUT2D eigenvalue weighted by Gasteiger charge is -2.29. The lowest BCUT2D eigenvalue weighted by atomic mass is 10.0. The molecule has 0 atom stereocenters. The largest absolute Gasteiger partial charge is 0.354 e. The molecule has 0 spiro atoms. The Hall–Kier alpha value is -0.410. The molecule has 2 nitrogen and oxygen atoms in total. The average Bonchev–Trinajstić information content (AvgIpc) is 2.83. The molecule has 17 heavy (non-hydrogen) atoms. The topological polar surface area (TPSA) is 17.0 Å². The van der Waals surface area contributed by atoms with Crippen molar-refractivity contribution in [1.29, 1.82) is 0 Å². The van der Waals surface area contributed by atoms with Crippen LogP contribution in [0.2, 0.25) is 0 Å². The molecule has 1 aromatic heterocycles. The van der Waals surface area contributed by atoms with Crippen molar-refractivity contribution < 1.29 is 0 Å². The molecular formula is C14H26N2S. The Bertz CT molecular complexity index is 308. The Balaban J connectivity index is 2.40. The van der Waals surface area contributed by atoms with Crippen LogP contribution in [0.1, 0.15) is 39.2 Å². The van der Waals surface area contributed by atoms with E-state index in [1.807, 2.05) is 11.8 Å². The molecule has 1 aromatic rings. The lowest BCUT2D eigenvalue weighted by Crippen LogP contribution is -2.36. The van der Waals surface area contributed by atoms with E-state index in [-0.39, 0.29) is 0 Å². The zero-order valence-corrected chi connectivity index (χ0v) is 12.4. The van der Waals surface area contributed by atoms with Gasteiger partial charge < -0.3 is 9.88 Å². The van der Waals surface area contributed by atoms with Crippen LogP contribution in [0.5, 0.6) is 0 Å². The van der Waals surface area contributed by atoms with E-state index in [0.717, 1.165) is 19.6 Å². The molecule has 0 aliphatic carbocycles. The molecule has 0 unspecified atom stereocenters. The molecular weight excluding hydrogens is 228 g/mol. The zero-order chi connectivity index (χ0) is 12.7. The van der Waals surface area contributed by atoms with Gasteiger partial charge in [0.15, 0.2) is 0 Å². The predicted molar refractivity (Wildman–Crippen MR) is 78.6 cm³/mol. The smallest absolute Gasteiger partial charge is 0.0276 e. The Morgan fingerprint density at radius 1 is 1.29 bits per heavy atom. The Kier molecular flexibility index (Phi) is 6.14. The summed E-state index contributed by atoms with van der Waals surface area (Å²) in [6.07, 6.45) is 9.06. The normalized spacial score (nSPS) is 12.0. The molecule has 0 bridgehead atoms. The quantitative estimate of drug-likeness (QED) is 0.764. The van der Waals surface area contributed by atoms with Gasteiger partial charge in [-0.05, 0) is 37.7 Å². The molecule has 0 amide bonds. The van der Waals surface area contributed by atoms with Crippen LogP contribution in [0, 0.1) is 0 Å². The van der Waals surface area contributed by atoms with Gasteiger partial charge in [0.2, 0.25) is 0 Å². The van der Waals surface area contributed by atoms with E-state index in [9.17, 15) is 0 Å². The van der Waals surface area contributed by atoms with E-state index in [4.69, 9.17) is 0 Å². The molecule has 3 heteroatoms. The third-order valence-electron chi connectivity index (χ3n) is 3.67. The monoisotopic (exact) mass is 254 g/mol. The third-order valence-corrected chi connectivity index (χ3v) is 5.26. The maximum Gasteiger partial charge on any atom is 0.0276 e. The average molecular weight is 254 g/mol. The highest BCUT2D eigenvalue weighted by Crippen LogP contribution is 2.29. The molecule has 0 fully saturated rings. The molecule has 0 saturated carbocycles. The van der Waals surface area contributed by atoms with Crippen LogP contribution < -0.4 is 5.32 Å². The summed E-state index contributed by atoms with van der Waals surface area (Å²) in [5, 5.41) is 3.60. The van der Waals surface area contributed by atoms with Gasteiger partial charge in [-0.15, -0.1) is 0 Å². The summed E-state index contributed by atoms with van der Waals surface area (Å²) in [7, 11) is 0. The van der Waals surface area contributed by atoms with E-state index in [2.05, 4.69) is 55.4 Å². The second-order valence-electron chi connectivity index (χ2n) is 4.55. The standard InChI is InChI=1S/C14H26N2S/c1-5-14(6-2,17-4)12-15-10-13-8-9-16(7-3)11-13/h8-9,11,15H,5-7,10,12H2,1-4H3. The number of nitrogens with zero attached hydrogens (tertiary/aromatic N) is 1. The van der Waals surface area contributed by atoms with E-state index in [1.165, 1.54) is 18.4 Å². The van der Waals surface area contributed by atoms with Crippen molar-refractivity contribution in [2.75, 3.05) is 12.8 Å². The minimum Gasteiger partial charge on any atom is -0.354 e. The highest BCUT2D eigenvalue weighted by Gasteiger charge is 2.23. The third kappa shape index (κ3) is 4.07. The van der Waals surface area contributed by atoms with E-state index >= 15 is 0 Å². The van der Waals surface area contributed by atoms with Gasteiger partial charge in [-0.3, -0.25) is 0 Å². The summed E-state index contributed by atoms with van der Waals surface area (Å²) in [5.74, 6) is 0. The Morgan fingerprint density at radius 3 is 2.47 bits per heavy atom. The number of aryl methyl sites for hydroxylation is 1. The summed E-state index contributed by atoms with van der Waals surface area (Å²) in [6.45, 7) is 9.88. The summed E-state index contributed by atoms with van der Waals surface area (Å²) in [6, 6.07) is 2.20. The molecule has 1 N–H and O–H groups in total. The van der Waals surface area contributed by atoms with Crippen molar-refractivity contribution in [3.63, 3.8) is 0 Å². The number of thioether (sulfide) groups is 1. The van der Waals surface area contributed by atoms with Gasteiger partial charge in [0.25, 0.3) is 0 Å². The summed E-state index contributed by atoms with van der Waals surface area (Å²) >= 11 is 1.99. The Labute approximate surface area is 110 Å².